The van der Waals surface area contributed by atoms with Crippen LogP contribution in [-0.2, 0) is 14.8 Å². The first-order chi connectivity index (χ1) is 13.3. The van der Waals surface area contributed by atoms with Gasteiger partial charge in [0.2, 0.25) is 0 Å². The van der Waals surface area contributed by atoms with Crippen molar-refractivity contribution in [2.75, 3.05) is 0 Å². The lowest BCUT2D eigenvalue weighted by Gasteiger charge is -2.10. The number of nitrogens with zero attached hydrogens (tertiary/aromatic N) is 2. The summed E-state index contributed by atoms with van der Waals surface area (Å²) in [6, 6.07) is 14.6. The van der Waals surface area contributed by atoms with Crippen molar-refractivity contribution in [1.29, 1.82) is 0 Å². The monoisotopic (exact) mass is 412 g/mol. The van der Waals surface area contributed by atoms with Crippen molar-refractivity contribution in [3.8, 4) is 0 Å². The van der Waals surface area contributed by atoms with Crippen LogP contribution in [0, 0.1) is 0 Å². The van der Waals surface area contributed by atoms with Crippen LogP contribution in [0.1, 0.15) is 19.4 Å². The van der Waals surface area contributed by atoms with Gasteiger partial charge in [0.1, 0.15) is 0 Å². The highest BCUT2D eigenvalue weighted by molar-refractivity contribution is 7.90. The molecule has 0 N–H and O–H groups in total. The number of hydrogen-bond acceptors (Lipinski definition) is 3. The average Bonchev–Trinajstić information content (AvgIpc) is 2.66. The number of halogens is 1. The van der Waals surface area contributed by atoms with Crippen molar-refractivity contribution in [3.63, 3.8) is 0 Å². The van der Waals surface area contributed by atoms with Crippen LogP contribution in [0.5, 0.6) is 0 Å². The predicted molar refractivity (Wildman–Crippen MR) is 112 cm³/mol. The molecule has 0 aromatic heterocycles. The third-order valence-corrected chi connectivity index (χ3v) is 5.56. The molecule has 0 atom stereocenters. The van der Waals surface area contributed by atoms with Gasteiger partial charge < -0.3 is 0 Å². The summed E-state index contributed by atoms with van der Waals surface area (Å²) < 4.78 is 29.5. The number of rotatable bonds is 3. The summed E-state index contributed by atoms with van der Waals surface area (Å²) in [6.45, 7) is 3.39. The summed E-state index contributed by atoms with van der Waals surface area (Å²) in [6.07, 6.45) is 3.23. The maximum absolute atomic E-state index is 12.8. The van der Waals surface area contributed by atoms with E-state index in [2.05, 4.69) is 9.39 Å². The van der Waals surface area contributed by atoms with Gasteiger partial charge in [-0.05, 0) is 61.4 Å². The van der Waals surface area contributed by atoms with Gasteiger partial charge in [-0.1, -0.05) is 41.9 Å². The quantitative estimate of drug-likeness (QED) is 0.426. The molecule has 3 rings (SSSR count). The molecule has 0 heterocycles. The third-order valence-electron chi connectivity index (χ3n) is 4.03. The molecule has 1 aliphatic carbocycles. The Morgan fingerprint density at radius 1 is 0.893 bits per heavy atom. The number of carbonyl (C=O) groups excluding carboxylic acids is 1. The fourth-order valence-electron chi connectivity index (χ4n) is 2.61. The molecule has 28 heavy (non-hydrogen) atoms. The van der Waals surface area contributed by atoms with Gasteiger partial charge in [0.15, 0.2) is 11.6 Å². The molecule has 7 heteroatoms. The molecule has 0 spiro atoms. The topological polar surface area (TPSA) is 75.9 Å². The van der Waals surface area contributed by atoms with Crippen LogP contribution in [-0.4, -0.2) is 25.7 Å². The molecule has 5 nitrogen and oxygen atoms in total. The minimum atomic E-state index is -4.00. The summed E-state index contributed by atoms with van der Waals surface area (Å²) in [5.74, 6) is -0.0288. The van der Waals surface area contributed by atoms with Gasteiger partial charge in [-0.15, -0.1) is 4.40 Å². The third kappa shape index (κ3) is 4.52. The maximum atomic E-state index is 12.8. The second-order valence-electron chi connectivity index (χ2n) is 6.23. The summed E-state index contributed by atoms with van der Waals surface area (Å²) >= 11 is 5.84. The molecule has 0 amide bonds. The Hall–Kier alpha value is -2.83. The molecule has 0 unspecified atom stereocenters. The molecule has 0 saturated carbocycles. The summed E-state index contributed by atoms with van der Waals surface area (Å²) in [7, 11) is -4.00. The molecule has 0 fully saturated rings. The Kier molecular flexibility index (Phi) is 5.72. The molecule has 1 aliphatic rings. The zero-order chi connectivity index (χ0) is 20.3. The molecule has 2 aromatic rings. The number of allylic oxidation sites excluding steroid dienone is 4. The van der Waals surface area contributed by atoms with Crippen LogP contribution in [0.15, 0.2) is 92.2 Å². The van der Waals surface area contributed by atoms with Crippen LogP contribution < -0.4 is 0 Å². The first-order valence-corrected chi connectivity index (χ1v) is 10.2. The average molecular weight is 413 g/mol. The van der Waals surface area contributed by atoms with Gasteiger partial charge in [0.05, 0.1) is 10.6 Å². The van der Waals surface area contributed by atoms with E-state index in [1.807, 2.05) is 6.07 Å². The first-order valence-electron chi connectivity index (χ1n) is 8.42. The predicted octanol–water partition coefficient (Wildman–Crippen LogP) is 4.39. The number of ketones is 1. The van der Waals surface area contributed by atoms with Gasteiger partial charge in [-0.3, -0.25) is 4.79 Å². The molecule has 0 bridgehead atoms. The van der Waals surface area contributed by atoms with Gasteiger partial charge in [0.25, 0.3) is 10.0 Å². The zero-order valence-electron chi connectivity index (χ0n) is 15.3. The smallest absolute Gasteiger partial charge is 0.284 e. The summed E-state index contributed by atoms with van der Waals surface area (Å²) in [4.78, 5) is 16.4. The Labute approximate surface area is 168 Å². The number of Topliss-reactive ketones (excluding diaryl/α,β-unsaturated/α-hetero) is 1. The molecular weight excluding hydrogens is 396 g/mol. The van der Waals surface area contributed by atoms with Crippen molar-refractivity contribution < 1.29 is 13.2 Å². The molecule has 2 aromatic carbocycles. The van der Waals surface area contributed by atoms with Crippen LogP contribution in [0.25, 0.3) is 0 Å². The summed E-state index contributed by atoms with van der Waals surface area (Å²) in [5, 5.41) is 0.430. The molecule has 0 radical (unpaired) electrons. The van der Waals surface area contributed by atoms with Crippen molar-refractivity contribution >= 4 is 39.0 Å². The van der Waals surface area contributed by atoms with Gasteiger partial charge in [-0.25, -0.2) is 4.99 Å². The number of amidine groups is 1. The largest absolute Gasteiger partial charge is 0.289 e. The highest BCUT2D eigenvalue weighted by Gasteiger charge is 2.18. The minimum Gasteiger partial charge on any atom is -0.289 e. The Morgan fingerprint density at radius 2 is 1.46 bits per heavy atom. The lowest BCUT2D eigenvalue weighted by Crippen LogP contribution is -2.13. The zero-order valence-corrected chi connectivity index (χ0v) is 16.8. The number of aliphatic imine (C=N–C) groups is 1. The van der Waals surface area contributed by atoms with Crippen LogP contribution in [0.2, 0.25) is 5.02 Å². The first kappa shape index (κ1) is 19.9. The van der Waals surface area contributed by atoms with Crippen molar-refractivity contribution in [2.45, 2.75) is 18.7 Å². The van der Waals surface area contributed by atoms with Crippen molar-refractivity contribution in [1.82, 2.24) is 0 Å². The molecule has 0 aliphatic heterocycles. The van der Waals surface area contributed by atoms with Crippen LogP contribution >= 0.6 is 11.6 Å². The second-order valence-corrected chi connectivity index (χ2v) is 8.27. The Balaban J connectivity index is 2.14. The normalized spacial score (nSPS) is 15.2. The Morgan fingerprint density at radius 3 is 2.04 bits per heavy atom. The van der Waals surface area contributed by atoms with Crippen LogP contribution in [0.3, 0.4) is 0 Å². The lowest BCUT2D eigenvalue weighted by atomic mass is 9.98. The molecule has 142 valence electrons. The fourth-order valence-corrected chi connectivity index (χ4v) is 3.70. The van der Waals surface area contributed by atoms with Gasteiger partial charge >= 0.3 is 0 Å². The van der Waals surface area contributed by atoms with E-state index in [1.165, 1.54) is 24.3 Å². The van der Waals surface area contributed by atoms with E-state index in [1.54, 1.807) is 50.3 Å². The highest BCUT2D eigenvalue weighted by atomic mass is 35.5. The summed E-state index contributed by atoms with van der Waals surface area (Å²) in [5.41, 5.74) is 2.07. The highest BCUT2D eigenvalue weighted by Crippen LogP contribution is 2.19. The van der Waals surface area contributed by atoms with E-state index in [0.29, 0.717) is 27.4 Å². The fraction of sp³-hybridized carbons (Fsp3) is 0.0952. The SMILES string of the molecule is CC1=CC(=NC(=NS(=O)(=O)c2ccc(Cl)cc2)c2ccccc2)C=C(C)C1=O. The molecular formula is C21H17ClN2O3S. The number of sulfonamides is 1. The number of carbonyl (C=O) groups is 1. The van der Waals surface area contributed by atoms with Gasteiger partial charge in [0, 0.05) is 10.6 Å². The van der Waals surface area contributed by atoms with E-state index >= 15 is 0 Å². The standard InChI is InChI=1S/C21H17ClN2O3S/c1-14-12-18(13-15(2)20(14)25)23-21(16-6-4-3-5-7-16)24-28(26,27)19-10-8-17(22)9-11-19/h3-13H,1-2H3. The number of benzene rings is 2. The molecule has 0 saturated heterocycles. The van der Waals surface area contributed by atoms with E-state index in [4.69, 9.17) is 11.6 Å². The maximum Gasteiger partial charge on any atom is 0.284 e. The Bertz CT molecular complexity index is 1120. The van der Waals surface area contributed by atoms with Crippen LogP contribution in [0.4, 0.5) is 0 Å². The van der Waals surface area contributed by atoms with Gasteiger partial charge in [-0.2, -0.15) is 8.42 Å². The lowest BCUT2D eigenvalue weighted by molar-refractivity contribution is -0.112. The van der Waals surface area contributed by atoms with E-state index in [-0.39, 0.29) is 16.5 Å². The van der Waals surface area contributed by atoms with E-state index in [9.17, 15) is 13.2 Å². The second kappa shape index (κ2) is 8.04. The van der Waals surface area contributed by atoms with Crippen molar-refractivity contribution in [2.24, 2.45) is 9.39 Å². The minimum absolute atomic E-state index is 0.0165. The number of hydrogen-bond donors (Lipinski definition) is 0. The van der Waals surface area contributed by atoms with E-state index < -0.39 is 10.0 Å². The van der Waals surface area contributed by atoms with Crippen molar-refractivity contribution in [3.05, 3.63) is 88.5 Å². The van der Waals surface area contributed by atoms with E-state index in [0.717, 1.165) is 0 Å².